The molecular weight excluding hydrogens is 379 g/mol. The third-order valence-corrected chi connectivity index (χ3v) is 4.39. The number of carbonyl (C=O) groups is 2. The van der Waals surface area contributed by atoms with Crippen LogP contribution < -0.4 is 4.74 Å². The van der Waals surface area contributed by atoms with Gasteiger partial charge in [0.1, 0.15) is 23.1 Å². The number of Topliss-reactive ketones (excluding diaryl/α,β-unsaturated/α-hetero) is 1. The lowest BCUT2D eigenvalue weighted by Gasteiger charge is -2.09. The average molecular weight is 399 g/mol. The molecule has 0 aromatic heterocycles. The molecular formula is C19H20Cl2O5. The summed E-state index contributed by atoms with van der Waals surface area (Å²) in [7, 11) is 1.00. The average Bonchev–Trinajstić information content (AvgIpc) is 2.94. The second-order valence-electron chi connectivity index (χ2n) is 5.32. The van der Waals surface area contributed by atoms with Gasteiger partial charge in [0, 0.05) is 18.6 Å². The molecule has 3 rings (SSSR count). The summed E-state index contributed by atoms with van der Waals surface area (Å²) < 4.78 is 5.17. The van der Waals surface area contributed by atoms with Gasteiger partial charge in [0.05, 0.1) is 5.02 Å². The van der Waals surface area contributed by atoms with E-state index in [0.717, 1.165) is 12.7 Å². The predicted molar refractivity (Wildman–Crippen MR) is 101 cm³/mol. The molecule has 1 aliphatic carbocycles. The van der Waals surface area contributed by atoms with Crippen molar-refractivity contribution in [2.45, 2.75) is 13.3 Å². The van der Waals surface area contributed by atoms with Gasteiger partial charge in [-0.25, -0.2) is 0 Å². The van der Waals surface area contributed by atoms with Crippen molar-refractivity contribution in [2.24, 2.45) is 5.92 Å². The molecule has 0 spiro atoms. The van der Waals surface area contributed by atoms with Crippen LogP contribution in [-0.4, -0.2) is 36.0 Å². The minimum atomic E-state index is -0.0850. The van der Waals surface area contributed by atoms with Gasteiger partial charge in [0.25, 0.3) is 0 Å². The van der Waals surface area contributed by atoms with Gasteiger partial charge in [0.15, 0.2) is 12.1 Å². The molecule has 7 heteroatoms. The summed E-state index contributed by atoms with van der Waals surface area (Å²) in [5.74, 6) is 0.598. The van der Waals surface area contributed by atoms with Crippen LogP contribution in [0.1, 0.15) is 22.8 Å². The summed E-state index contributed by atoms with van der Waals surface area (Å²) in [5, 5.41) is 16.0. The van der Waals surface area contributed by atoms with Gasteiger partial charge in [0.2, 0.25) is 0 Å². The van der Waals surface area contributed by atoms with Crippen molar-refractivity contribution in [3.8, 4) is 11.5 Å². The van der Waals surface area contributed by atoms with Crippen molar-refractivity contribution in [3.05, 3.63) is 57.6 Å². The molecule has 5 nitrogen and oxygen atoms in total. The Morgan fingerprint density at radius 3 is 2.31 bits per heavy atom. The zero-order chi connectivity index (χ0) is 19.7. The molecule has 2 aromatic rings. The van der Waals surface area contributed by atoms with Crippen LogP contribution in [-0.2, 0) is 11.2 Å². The Morgan fingerprint density at radius 2 is 1.81 bits per heavy atom. The fourth-order valence-electron chi connectivity index (χ4n) is 2.41. The van der Waals surface area contributed by atoms with Crippen LogP contribution >= 0.6 is 23.2 Å². The van der Waals surface area contributed by atoms with Crippen LogP contribution in [0.4, 0.5) is 0 Å². The first-order chi connectivity index (χ1) is 12.5. The Morgan fingerprint density at radius 1 is 1.19 bits per heavy atom. The van der Waals surface area contributed by atoms with E-state index in [2.05, 4.69) is 0 Å². The summed E-state index contributed by atoms with van der Waals surface area (Å²) in [6.45, 7) is 1.76. The lowest BCUT2D eigenvalue weighted by atomic mass is 10.1. The van der Waals surface area contributed by atoms with Gasteiger partial charge in [-0.2, -0.15) is 0 Å². The van der Waals surface area contributed by atoms with Gasteiger partial charge < -0.3 is 14.9 Å². The molecule has 0 radical (unpaired) electrons. The molecule has 0 amide bonds. The van der Waals surface area contributed by atoms with Crippen molar-refractivity contribution in [2.75, 3.05) is 13.7 Å². The van der Waals surface area contributed by atoms with E-state index in [1.807, 2.05) is 13.0 Å². The number of carbonyl (C=O) groups excluding carboxylic acids is 2. The number of aldehydes is 1. The van der Waals surface area contributed by atoms with Crippen molar-refractivity contribution in [3.63, 3.8) is 0 Å². The van der Waals surface area contributed by atoms with E-state index in [1.165, 1.54) is 0 Å². The second kappa shape index (κ2) is 10.8. The summed E-state index contributed by atoms with van der Waals surface area (Å²) in [4.78, 5) is 22.1. The van der Waals surface area contributed by atoms with Crippen LogP contribution in [0, 0.1) is 5.92 Å². The summed E-state index contributed by atoms with van der Waals surface area (Å²) >= 11 is 12.1. The summed E-state index contributed by atoms with van der Waals surface area (Å²) in [6, 6.07) is 10.4. The SMILES string of the molecule is CC1Cc2cc(OCC=O)c(Cl)c(Cl)c2C1=O.CO.Oc1ccccc1. The fraction of sp³-hybridized carbons (Fsp3) is 0.263. The van der Waals surface area contributed by atoms with E-state index in [-0.39, 0.29) is 28.4 Å². The first-order valence-electron chi connectivity index (χ1n) is 7.76. The molecule has 2 N–H and O–H groups in total. The number of para-hydroxylation sites is 1. The normalized spacial score (nSPS) is 14.3. The number of phenols is 1. The number of phenolic OH excluding ortho intramolecular Hbond substituents is 1. The Hall–Kier alpha value is -2.08. The number of rotatable bonds is 3. The van der Waals surface area contributed by atoms with Gasteiger partial charge in [-0.15, -0.1) is 0 Å². The Labute approximate surface area is 162 Å². The number of ether oxygens (including phenoxy) is 1. The van der Waals surface area contributed by atoms with E-state index >= 15 is 0 Å². The van der Waals surface area contributed by atoms with Crippen molar-refractivity contribution < 1.29 is 24.5 Å². The highest BCUT2D eigenvalue weighted by atomic mass is 35.5. The number of halogens is 2. The zero-order valence-electron chi connectivity index (χ0n) is 14.4. The molecule has 1 aliphatic rings. The first kappa shape index (κ1) is 22.0. The number of benzene rings is 2. The summed E-state index contributed by atoms with van der Waals surface area (Å²) in [5.41, 5.74) is 1.32. The van der Waals surface area contributed by atoms with E-state index in [4.69, 9.17) is 38.2 Å². The van der Waals surface area contributed by atoms with E-state index < -0.39 is 0 Å². The zero-order valence-corrected chi connectivity index (χ0v) is 15.9. The molecule has 140 valence electrons. The van der Waals surface area contributed by atoms with Crippen molar-refractivity contribution in [1.82, 2.24) is 0 Å². The molecule has 0 heterocycles. The topological polar surface area (TPSA) is 83.8 Å². The maximum Gasteiger partial charge on any atom is 0.167 e. The monoisotopic (exact) mass is 398 g/mol. The van der Waals surface area contributed by atoms with E-state index in [1.54, 1.807) is 30.3 Å². The quantitative estimate of drug-likeness (QED) is 0.764. The molecule has 2 aromatic carbocycles. The molecule has 0 bridgehead atoms. The minimum absolute atomic E-state index is 0.00818. The number of hydrogen-bond acceptors (Lipinski definition) is 5. The standard InChI is InChI=1S/C12H10Cl2O3.C6H6O.CH4O/c1-6-4-7-5-8(17-3-2-15)10(13)11(14)9(7)12(6)16;7-6-4-2-1-3-5-6;1-2/h2,5-6H,3-4H2,1H3;1-5,7H;2H,1H3. The van der Waals surface area contributed by atoms with Crippen LogP contribution in [0.25, 0.3) is 0 Å². The highest BCUT2D eigenvalue weighted by molar-refractivity contribution is 6.45. The number of aliphatic hydroxyl groups is 1. The maximum absolute atomic E-state index is 11.9. The number of hydrogen-bond donors (Lipinski definition) is 2. The van der Waals surface area contributed by atoms with E-state index in [9.17, 15) is 9.59 Å². The predicted octanol–water partition coefficient (Wildman–Crippen LogP) is 3.95. The molecule has 0 saturated carbocycles. The van der Waals surface area contributed by atoms with Crippen molar-refractivity contribution >= 4 is 35.3 Å². The Balaban J connectivity index is 0.000000313. The Bertz CT molecular complexity index is 747. The van der Waals surface area contributed by atoms with Crippen LogP contribution in [0.2, 0.25) is 10.0 Å². The van der Waals surface area contributed by atoms with Gasteiger partial charge in [-0.1, -0.05) is 48.3 Å². The molecule has 1 atom stereocenters. The molecule has 0 saturated heterocycles. The lowest BCUT2D eigenvalue weighted by molar-refractivity contribution is -0.109. The Kier molecular flexibility index (Phi) is 9.13. The van der Waals surface area contributed by atoms with Gasteiger partial charge in [-0.05, 0) is 30.2 Å². The first-order valence-corrected chi connectivity index (χ1v) is 8.51. The lowest BCUT2D eigenvalue weighted by Crippen LogP contribution is -2.04. The molecule has 0 aliphatic heterocycles. The number of aromatic hydroxyl groups is 1. The number of aliphatic hydroxyl groups excluding tert-OH is 1. The highest BCUT2D eigenvalue weighted by Crippen LogP contribution is 2.41. The second-order valence-corrected chi connectivity index (χ2v) is 6.08. The third kappa shape index (κ3) is 5.46. The third-order valence-electron chi connectivity index (χ3n) is 3.54. The highest BCUT2D eigenvalue weighted by Gasteiger charge is 2.31. The number of fused-ring (bicyclic) bond motifs is 1. The number of ketones is 1. The van der Waals surface area contributed by atoms with Crippen LogP contribution in [0.15, 0.2) is 36.4 Å². The van der Waals surface area contributed by atoms with E-state index in [0.29, 0.717) is 29.8 Å². The largest absolute Gasteiger partial charge is 0.508 e. The van der Waals surface area contributed by atoms with Crippen LogP contribution in [0.5, 0.6) is 11.5 Å². The smallest absolute Gasteiger partial charge is 0.167 e. The summed E-state index contributed by atoms with van der Waals surface area (Å²) in [6.07, 6.45) is 1.26. The molecule has 1 unspecified atom stereocenters. The van der Waals surface area contributed by atoms with Crippen LogP contribution in [0.3, 0.4) is 0 Å². The minimum Gasteiger partial charge on any atom is -0.508 e. The molecule has 0 fully saturated rings. The maximum atomic E-state index is 11.9. The molecule has 26 heavy (non-hydrogen) atoms. The fourth-order valence-corrected chi connectivity index (χ4v) is 2.92. The van der Waals surface area contributed by atoms with Gasteiger partial charge in [-0.3, -0.25) is 9.59 Å². The van der Waals surface area contributed by atoms with Crippen molar-refractivity contribution in [1.29, 1.82) is 0 Å². The van der Waals surface area contributed by atoms with Gasteiger partial charge >= 0.3 is 0 Å².